The number of ether oxygens (including phenoxy) is 2. The van der Waals surface area contributed by atoms with Crippen LogP contribution in [-0.4, -0.2) is 34.8 Å². The van der Waals surface area contributed by atoms with Crippen LogP contribution in [0.5, 0.6) is 11.5 Å². The molecule has 3 aromatic rings. The Balaban J connectivity index is 1.69. The quantitative estimate of drug-likeness (QED) is 0.430. The molecule has 2 aromatic carbocycles. The highest BCUT2D eigenvalue weighted by Gasteiger charge is 2.07. The first kappa shape index (κ1) is 19.8. The normalized spacial score (nSPS) is 11.1. The molecule has 0 saturated carbocycles. The zero-order valence-corrected chi connectivity index (χ0v) is 16.9. The van der Waals surface area contributed by atoms with E-state index in [-0.39, 0.29) is 0 Å². The molecule has 0 aliphatic rings. The minimum atomic E-state index is 0.479. The van der Waals surface area contributed by atoms with Crippen molar-refractivity contribution in [1.29, 1.82) is 0 Å². The summed E-state index contributed by atoms with van der Waals surface area (Å²) >= 11 is 5.25. The summed E-state index contributed by atoms with van der Waals surface area (Å²) in [5, 5.41) is 11.5. The molecule has 0 amide bonds. The lowest BCUT2D eigenvalue weighted by molar-refractivity contribution is 0.297. The van der Waals surface area contributed by atoms with Gasteiger partial charge in [0, 0.05) is 12.8 Å². The molecule has 1 aromatic heterocycles. The summed E-state index contributed by atoms with van der Waals surface area (Å²) in [7, 11) is 1.63. The van der Waals surface area contributed by atoms with Crippen LogP contribution in [0.2, 0.25) is 0 Å². The summed E-state index contributed by atoms with van der Waals surface area (Å²) in [5.41, 5.74) is 2.13. The molecule has 0 fully saturated rings. The highest BCUT2D eigenvalue weighted by Crippen LogP contribution is 2.27. The topological polar surface area (TPSA) is 64.4 Å². The molecule has 3 rings (SSSR count). The number of aromatic nitrogens is 3. The van der Waals surface area contributed by atoms with Crippen LogP contribution < -0.4 is 9.47 Å². The molecule has 6 nitrogen and oxygen atoms in total. The minimum Gasteiger partial charge on any atom is -0.493 e. The molecule has 0 bridgehead atoms. The van der Waals surface area contributed by atoms with Gasteiger partial charge >= 0.3 is 0 Å². The molecule has 0 atom stereocenters. The molecular weight excluding hydrogens is 372 g/mol. The summed E-state index contributed by atoms with van der Waals surface area (Å²) in [6, 6.07) is 16.0. The van der Waals surface area contributed by atoms with Crippen LogP contribution in [0.15, 0.2) is 53.6 Å². The van der Waals surface area contributed by atoms with Gasteiger partial charge in [-0.1, -0.05) is 37.3 Å². The smallest absolute Gasteiger partial charge is 0.216 e. The molecule has 28 heavy (non-hydrogen) atoms. The Labute approximate surface area is 169 Å². The van der Waals surface area contributed by atoms with Crippen LogP contribution in [0.4, 0.5) is 0 Å². The maximum Gasteiger partial charge on any atom is 0.216 e. The second-order valence-corrected chi connectivity index (χ2v) is 6.63. The van der Waals surface area contributed by atoms with Crippen molar-refractivity contribution in [2.24, 2.45) is 5.10 Å². The Morgan fingerprint density at radius 2 is 1.96 bits per heavy atom. The molecule has 0 aliphatic heterocycles. The van der Waals surface area contributed by atoms with E-state index in [4.69, 9.17) is 21.7 Å². The standard InChI is InChI=1S/C21H24N4O2S/c1-3-7-20-23-24-21(28)25(20)22-15-17-10-11-18(19(14-17)26-2)27-13-12-16-8-5-4-6-9-16/h4-6,8-11,14-15H,3,7,12-13H2,1-2H3,(H,24,28)/b22-15-. The first-order valence-electron chi connectivity index (χ1n) is 9.26. The maximum absolute atomic E-state index is 5.90. The number of hydrogen-bond acceptors (Lipinski definition) is 5. The lowest BCUT2D eigenvalue weighted by atomic mass is 10.2. The Bertz CT molecular complexity index is 980. The zero-order valence-electron chi connectivity index (χ0n) is 16.1. The minimum absolute atomic E-state index is 0.479. The highest BCUT2D eigenvalue weighted by molar-refractivity contribution is 7.71. The average molecular weight is 397 g/mol. The summed E-state index contributed by atoms with van der Waals surface area (Å²) < 4.78 is 13.5. The van der Waals surface area contributed by atoms with Gasteiger partial charge in [0.15, 0.2) is 17.3 Å². The van der Waals surface area contributed by atoms with Gasteiger partial charge in [-0.3, -0.25) is 5.10 Å². The maximum atomic E-state index is 5.90. The number of hydrogen-bond donors (Lipinski definition) is 1. The molecule has 0 aliphatic carbocycles. The Kier molecular flexibility index (Phi) is 6.97. The van der Waals surface area contributed by atoms with Gasteiger partial charge in [-0.2, -0.15) is 14.9 Å². The van der Waals surface area contributed by atoms with Crippen LogP contribution >= 0.6 is 12.2 Å². The van der Waals surface area contributed by atoms with Crippen molar-refractivity contribution in [2.75, 3.05) is 13.7 Å². The molecule has 0 radical (unpaired) electrons. The predicted octanol–water partition coefficient (Wildman–Crippen LogP) is 4.41. The first-order valence-corrected chi connectivity index (χ1v) is 9.67. The van der Waals surface area contributed by atoms with E-state index < -0.39 is 0 Å². The van der Waals surface area contributed by atoms with Gasteiger partial charge in [0.05, 0.1) is 19.9 Å². The zero-order chi connectivity index (χ0) is 19.8. The van der Waals surface area contributed by atoms with Crippen molar-refractivity contribution in [2.45, 2.75) is 26.2 Å². The van der Waals surface area contributed by atoms with Gasteiger partial charge in [0.25, 0.3) is 0 Å². The number of aromatic amines is 1. The molecule has 0 spiro atoms. The van der Waals surface area contributed by atoms with E-state index in [1.54, 1.807) is 18.0 Å². The largest absolute Gasteiger partial charge is 0.493 e. The van der Waals surface area contributed by atoms with Crippen molar-refractivity contribution in [3.8, 4) is 11.5 Å². The van der Waals surface area contributed by atoms with Gasteiger partial charge in [-0.15, -0.1) is 0 Å². The SMILES string of the molecule is CCCc1n[nH]c(=S)n1/N=C\c1ccc(OCCc2ccccc2)c(OC)c1. The number of H-pyrrole nitrogens is 1. The van der Waals surface area contributed by atoms with Crippen LogP contribution in [0.25, 0.3) is 0 Å². The third-order valence-electron chi connectivity index (χ3n) is 4.19. The van der Waals surface area contributed by atoms with Crippen molar-refractivity contribution < 1.29 is 9.47 Å². The van der Waals surface area contributed by atoms with Crippen molar-refractivity contribution in [3.63, 3.8) is 0 Å². The van der Waals surface area contributed by atoms with Crippen molar-refractivity contribution >= 4 is 18.4 Å². The highest BCUT2D eigenvalue weighted by atomic mass is 32.1. The molecule has 7 heteroatoms. The van der Waals surface area contributed by atoms with Crippen molar-refractivity contribution in [3.05, 3.63) is 70.3 Å². The molecule has 146 valence electrons. The second kappa shape index (κ2) is 9.85. The molecule has 1 N–H and O–H groups in total. The lowest BCUT2D eigenvalue weighted by Crippen LogP contribution is -2.03. The number of methoxy groups -OCH3 is 1. The van der Waals surface area contributed by atoms with Crippen LogP contribution in [-0.2, 0) is 12.8 Å². The number of benzene rings is 2. The van der Waals surface area contributed by atoms with E-state index in [1.165, 1.54) is 5.56 Å². The number of aryl methyl sites for hydroxylation is 1. The first-order chi connectivity index (χ1) is 13.7. The fourth-order valence-corrected chi connectivity index (χ4v) is 2.96. The van der Waals surface area contributed by atoms with E-state index >= 15 is 0 Å². The Hall–Kier alpha value is -2.93. The number of nitrogens with one attached hydrogen (secondary N) is 1. The fraction of sp³-hybridized carbons (Fsp3) is 0.286. The second-order valence-electron chi connectivity index (χ2n) is 6.25. The van der Waals surface area contributed by atoms with E-state index in [1.807, 2.05) is 36.4 Å². The summed E-state index contributed by atoms with van der Waals surface area (Å²) in [5.74, 6) is 2.19. The molecular formula is C21H24N4O2S. The summed E-state index contributed by atoms with van der Waals surface area (Å²) in [4.78, 5) is 0. The average Bonchev–Trinajstić information content (AvgIpc) is 3.07. The van der Waals surface area contributed by atoms with E-state index in [0.717, 1.165) is 30.7 Å². The van der Waals surface area contributed by atoms with Gasteiger partial charge in [0.2, 0.25) is 4.77 Å². The van der Waals surface area contributed by atoms with E-state index in [9.17, 15) is 0 Å². The van der Waals surface area contributed by atoms with Crippen LogP contribution in [0.3, 0.4) is 0 Å². The Morgan fingerprint density at radius 1 is 1.14 bits per heavy atom. The third kappa shape index (κ3) is 5.07. The number of rotatable bonds is 9. The lowest BCUT2D eigenvalue weighted by Gasteiger charge is -2.11. The predicted molar refractivity (Wildman–Crippen MR) is 113 cm³/mol. The van der Waals surface area contributed by atoms with E-state index in [2.05, 4.69) is 34.4 Å². The molecule has 1 heterocycles. The van der Waals surface area contributed by atoms with Gasteiger partial charge in [-0.25, -0.2) is 0 Å². The summed E-state index contributed by atoms with van der Waals surface area (Å²) in [6.07, 6.45) is 4.35. The number of nitrogens with zero attached hydrogens (tertiary/aromatic N) is 3. The van der Waals surface area contributed by atoms with Gasteiger partial charge in [-0.05, 0) is 48.0 Å². The van der Waals surface area contributed by atoms with Crippen LogP contribution in [0.1, 0.15) is 30.3 Å². The fourth-order valence-electron chi connectivity index (χ4n) is 2.76. The monoisotopic (exact) mass is 396 g/mol. The van der Waals surface area contributed by atoms with Crippen LogP contribution in [0, 0.1) is 4.77 Å². The third-order valence-corrected chi connectivity index (χ3v) is 4.46. The summed E-state index contributed by atoms with van der Waals surface area (Å²) in [6.45, 7) is 2.67. The van der Waals surface area contributed by atoms with Gasteiger partial charge < -0.3 is 9.47 Å². The molecule has 0 saturated heterocycles. The Morgan fingerprint density at radius 3 is 2.71 bits per heavy atom. The van der Waals surface area contributed by atoms with Gasteiger partial charge in [0.1, 0.15) is 0 Å². The van der Waals surface area contributed by atoms with E-state index in [0.29, 0.717) is 22.9 Å². The van der Waals surface area contributed by atoms with Crippen molar-refractivity contribution in [1.82, 2.24) is 14.9 Å². The molecule has 0 unspecified atom stereocenters.